The number of aliphatic carboxylic acids is 1. The lowest BCUT2D eigenvalue weighted by atomic mass is 9.94. The van der Waals surface area contributed by atoms with Gasteiger partial charge in [-0.25, -0.2) is 4.79 Å². The maximum atomic E-state index is 13.1. The Balaban J connectivity index is 1.33. The van der Waals surface area contributed by atoms with Crippen molar-refractivity contribution in [1.82, 2.24) is 10.2 Å². The van der Waals surface area contributed by atoms with Crippen LogP contribution in [0.4, 0.5) is 4.79 Å². The highest BCUT2D eigenvalue weighted by molar-refractivity contribution is 5.83. The normalized spacial score (nSPS) is 18.7. The second kappa shape index (κ2) is 10.9. The lowest BCUT2D eigenvalue weighted by Crippen LogP contribution is -2.44. The van der Waals surface area contributed by atoms with E-state index < -0.39 is 12.1 Å². The number of carboxylic acid groups (broad SMARTS) is 1. The molecular formula is C28H34N2O5. The topological polar surface area (TPSA) is 95.9 Å². The summed E-state index contributed by atoms with van der Waals surface area (Å²) in [7, 11) is 0. The van der Waals surface area contributed by atoms with E-state index in [4.69, 9.17) is 4.74 Å². The molecule has 2 aliphatic rings. The van der Waals surface area contributed by atoms with Gasteiger partial charge in [0.2, 0.25) is 5.91 Å². The molecule has 186 valence electrons. The Bertz CT molecular complexity index is 1040. The molecule has 0 heterocycles. The third kappa shape index (κ3) is 5.66. The summed E-state index contributed by atoms with van der Waals surface area (Å²) < 4.78 is 5.62. The molecule has 2 aliphatic carbocycles. The maximum absolute atomic E-state index is 13.1. The molecule has 0 aliphatic heterocycles. The number of alkyl carbamates (subject to hydrolysis) is 1. The number of rotatable bonds is 9. The zero-order valence-electron chi connectivity index (χ0n) is 20.4. The van der Waals surface area contributed by atoms with Crippen molar-refractivity contribution in [2.75, 3.05) is 26.2 Å². The average Bonchev–Trinajstić information content (AvgIpc) is 3.42. The van der Waals surface area contributed by atoms with E-state index in [0.717, 1.165) is 24.0 Å². The number of fused-ring (bicyclic) bond motifs is 3. The van der Waals surface area contributed by atoms with E-state index in [2.05, 4.69) is 29.6 Å². The largest absolute Gasteiger partial charge is 0.480 e. The predicted molar refractivity (Wildman–Crippen MR) is 133 cm³/mol. The second-order valence-electron chi connectivity index (χ2n) is 10.0. The van der Waals surface area contributed by atoms with Gasteiger partial charge in [0.15, 0.2) is 0 Å². The molecule has 0 spiro atoms. The van der Waals surface area contributed by atoms with Crippen LogP contribution in [-0.4, -0.2) is 54.2 Å². The van der Waals surface area contributed by atoms with E-state index in [-0.39, 0.29) is 42.7 Å². The summed E-state index contributed by atoms with van der Waals surface area (Å²) in [4.78, 5) is 38.4. The fourth-order valence-corrected chi connectivity index (χ4v) is 5.54. The average molecular weight is 479 g/mol. The van der Waals surface area contributed by atoms with Crippen molar-refractivity contribution in [3.05, 3.63) is 59.7 Å². The van der Waals surface area contributed by atoms with Crippen molar-refractivity contribution in [3.63, 3.8) is 0 Å². The molecule has 1 fully saturated rings. The van der Waals surface area contributed by atoms with Crippen LogP contribution >= 0.6 is 0 Å². The molecule has 2 aromatic carbocycles. The molecule has 2 unspecified atom stereocenters. The Morgan fingerprint density at radius 2 is 1.66 bits per heavy atom. The first kappa shape index (κ1) is 24.8. The van der Waals surface area contributed by atoms with Crippen molar-refractivity contribution in [3.8, 4) is 11.1 Å². The number of hydrogen-bond donors (Lipinski definition) is 2. The minimum Gasteiger partial charge on any atom is -0.480 e. The number of ether oxygens (including phenoxy) is 1. The highest BCUT2D eigenvalue weighted by Crippen LogP contribution is 2.44. The Morgan fingerprint density at radius 1 is 1.03 bits per heavy atom. The Hall–Kier alpha value is -3.35. The van der Waals surface area contributed by atoms with Crippen LogP contribution < -0.4 is 5.32 Å². The molecule has 2 N–H and O–H groups in total. The van der Waals surface area contributed by atoms with Crippen LogP contribution in [0.2, 0.25) is 0 Å². The molecular weight excluding hydrogens is 444 g/mol. The molecule has 0 aromatic heterocycles. The molecule has 0 bridgehead atoms. The van der Waals surface area contributed by atoms with Crippen LogP contribution in [0.1, 0.15) is 50.2 Å². The van der Waals surface area contributed by atoms with E-state index in [1.807, 2.05) is 38.1 Å². The zero-order chi connectivity index (χ0) is 24.9. The number of benzene rings is 2. The molecule has 0 radical (unpaired) electrons. The molecule has 0 saturated heterocycles. The highest BCUT2D eigenvalue weighted by atomic mass is 16.5. The molecule has 2 aromatic rings. The first-order valence-electron chi connectivity index (χ1n) is 12.4. The van der Waals surface area contributed by atoms with Gasteiger partial charge in [0, 0.05) is 24.9 Å². The van der Waals surface area contributed by atoms with Crippen LogP contribution in [0.3, 0.4) is 0 Å². The smallest absolute Gasteiger partial charge is 0.407 e. The van der Waals surface area contributed by atoms with Gasteiger partial charge in [-0.2, -0.15) is 0 Å². The first-order chi connectivity index (χ1) is 16.8. The minimum atomic E-state index is -1.01. The van der Waals surface area contributed by atoms with Crippen molar-refractivity contribution >= 4 is 18.0 Å². The number of amides is 2. The standard InChI is InChI=1S/C28H34N2O5/c1-18(2)15-30(16-26(31)32)27(33)20-13-7-8-19(20)14-29-28(34)35-17-25-23-11-5-3-9-21(23)22-10-4-6-12-24(22)25/h3-6,9-12,18-20,25H,7-8,13-17H2,1-2H3,(H,29,34)(H,31,32). The van der Waals surface area contributed by atoms with Crippen molar-refractivity contribution in [2.24, 2.45) is 17.8 Å². The van der Waals surface area contributed by atoms with Gasteiger partial charge in [-0.15, -0.1) is 0 Å². The van der Waals surface area contributed by atoms with Gasteiger partial charge < -0.3 is 20.1 Å². The van der Waals surface area contributed by atoms with Crippen molar-refractivity contribution in [1.29, 1.82) is 0 Å². The van der Waals surface area contributed by atoms with Gasteiger partial charge in [-0.05, 0) is 46.9 Å². The summed E-state index contributed by atoms with van der Waals surface area (Å²) in [6, 6.07) is 16.4. The van der Waals surface area contributed by atoms with E-state index >= 15 is 0 Å². The second-order valence-corrected chi connectivity index (χ2v) is 10.0. The molecule has 7 nitrogen and oxygen atoms in total. The van der Waals surface area contributed by atoms with Gasteiger partial charge in [0.1, 0.15) is 13.2 Å². The van der Waals surface area contributed by atoms with Crippen LogP contribution in [0.25, 0.3) is 11.1 Å². The van der Waals surface area contributed by atoms with Gasteiger partial charge in [0.25, 0.3) is 0 Å². The van der Waals surface area contributed by atoms with Gasteiger partial charge in [-0.1, -0.05) is 68.8 Å². The molecule has 4 rings (SSSR count). The van der Waals surface area contributed by atoms with Crippen LogP contribution in [0.5, 0.6) is 0 Å². The van der Waals surface area contributed by atoms with E-state index in [1.165, 1.54) is 16.0 Å². The monoisotopic (exact) mass is 478 g/mol. The van der Waals surface area contributed by atoms with Crippen molar-refractivity contribution < 1.29 is 24.2 Å². The fraction of sp³-hybridized carbons (Fsp3) is 0.464. The zero-order valence-corrected chi connectivity index (χ0v) is 20.4. The number of hydrogen-bond acceptors (Lipinski definition) is 4. The van der Waals surface area contributed by atoms with Gasteiger partial charge in [0.05, 0.1) is 0 Å². The number of carbonyl (C=O) groups excluding carboxylic acids is 2. The summed E-state index contributed by atoms with van der Waals surface area (Å²) in [5.41, 5.74) is 4.67. The molecule has 2 atom stereocenters. The molecule has 7 heteroatoms. The summed E-state index contributed by atoms with van der Waals surface area (Å²) >= 11 is 0. The molecule has 1 saturated carbocycles. The minimum absolute atomic E-state index is 0.00503. The van der Waals surface area contributed by atoms with E-state index in [9.17, 15) is 19.5 Å². The lowest BCUT2D eigenvalue weighted by molar-refractivity contribution is -0.147. The third-order valence-corrected chi connectivity index (χ3v) is 7.05. The number of nitrogens with one attached hydrogen (secondary N) is 1. The van der Waals surface area contributed by atoms with Gasteiger partial charge >= 0.3 is 12.1 Å². The number of nitrogens with zero attached hydrogens (tertiary/aromatic N) is 1. The lowest BCUT2D eigenvalue weighted by Gasteiger charge is -2.28. The van der Waals surface area contributed by atoms with Crippen LogP contribution in [0.15, 0.2) is 48.5 Å². The Kier molecular flexibility index (Phi) is 7.73. The van der Waals surface area contributed by atoms with Crippen molar-refractivity contribution in [2.45, 2.75) is 39.0 Å². The summed E-state index contributed by atoms with van der Waals surface area (Å²) in [5.74, 6) is -1.26. The predicted octanol–water partition coefficient (Wildman–Crippen LogP) is 4.51. The number of carbonyl (C=O) groups is 3. The van der Waals surface area contributed by atoms with E-state index in [0.29, 0.717) is 19.5 Å². The van der Waals surface area contributed by atoms with Gasteiger partial charge in [-0.3, -0.25) is 9.59 Å². The first-order valence-corrected chi connectivity index (χ1v) is 12.4. The maximum Gasteiger partial charge on any atom is 0.407 e. The summed E-state index contributed by atoms with van der Waals surface area (Å²) in [6.07, 6.45) is 1.93. The van der Waals surface area contributed by atoms with Crippen LogP contribution in [-0.2, 0) is 14.3 Å². The highest BCUT2D eigenvalue weighted by Gasteiger charge is 2.36. The van der Waals surface area contributed by atoms with Crippen LogP contribution in [0, 0.1) is 17.8 Å². The Labute approximate surface area is 206 Å². The summed E-state index contributed by atoms with van der Waals surface area (Å²) in [5, 5.41) is 12.1. The number of carboxylic acids is 1. The quantitative estimate of drug-likeness (QED) is 0.553. The molecule has 2 amide bonds. The van der Waals surface area contributed by atoms with E-state index in [1.54, 1.807) is 0 Å². The fourth-order valence-electron chi connectivity index (χ4n) is 5.54. The SMILES string of the molecule is CC(C)CN(CC(=O)O)C(=O)C1CCCC1CNC(=O)OCC1c2ccccc2-c2ccccc21. The molecule has 35 heavy (non-hydrogen) atoms. The third-order valence-electron chi connectivity index (χ3n) is 7.05. The Morgan fingerprint density at radius 3 is 2.26 bits per heavy atom. The summed E-state index contributed by atoms with van der Waals surface area (Å²) in [6.45, 7) is 4.64.